The fourth-order valence-electron chi connectivity index (χ4n) is 5.75. The highest BCUT2D eigenvalue weighted by Gasteiger charge is 2.22. The summed E-state index contributed by atoms with van der Waals surface area (Å²) in [5, 5.41) is 0. The minimum Gasteiger partial charge on any atom is -0.326 e. The van der Waals surface area contributed by atoms with Gasteiger partial charge in [-0.25, -0.2) is 4.98 Å². The van der Waals surface area contributed by atoms with Gasteiger partial charge in [0, 0.05) is 37.3 Å². The SMILES string of the molecule is CCCCn1c(-c2ccccc2)nc(-c2ccccc2)c1CN(Cc1ccccc1)Cc1ccc(-c2ccccc2)cc1. The van der Waals surface area contributed by atoms with E-state index >= 15 is 0 Å². The Balaban J connectivity index is 1.40. The Labute approximate surface area is 256 Å². The second-order valence-corrected chi connectivity index (χ2v) is 11.2. The summed E-state index contributed by atoms with van der Waals surface area (Å²) in [5.41, 5.74) is 9.78. The lowest BCUT2D eigenvalue weighted by Gasteiger charge is -2.25. The molecule has 6 aromatic rings. The topological polar surface area (TPSA) is 21.1 Å². The Morgan fingerprint density at radius 3 is 1.58 bits per heavy atom. The number of hydrogen-bond donors (Lipinski definition) is 0. The van der Waals surface area contributed by atoms with Gasteiger partial charge in [-0.1, -0.05) is 159 Å². The average molecular weight is 562 g/mol. The van der Waals surface area contributed by atoms with E-state index in [-0.39, 0.29) is 0 Å². The molecule has 214 valence electrons. The number of benzene rings is 5. The fraction of sp³-hybridized carbons (Fsp3) is 0.175. The van der Waals surface area contributed by atoms with Crippen molar-refractivity contribution in [1.29, 1.82) is 0 Å². The van der Waals surface area contributed by atoms with Crippen LogP contribution in [0, 0.1) is 0 Å². The molecule has 0 aliphatic heterocycles. The highest BCUT2D eigenvalue weighted by atomic mass is 15.2. The van der Waals surface area contributed by atoms with E-state index in [0.717, 1.165) is 61.7 Å². The molecule has 0 saturated heterocycles. The monoisotopic (exact) mass is 561 g/mol. The lowest BCUT2D eigenvalue weighted by molar-refractivity contribution is 0.241. The van der Waals surface area contributed by atoms with Crippen LogP contribution < -0.4 is 0 Å². The lowest BCUT2D eigenvalue weighted by atomic mass is 10.0. The number of unbranched alkanes of at least 4 members (excludes halogenated alkanes) is 1. The van der Waals surface area contributed by atoms with Gasteiger partial charge in [-0.3, -0.25) is 4.90 Å². The van der Waals surface area contributed by atoms with Crippen LogP contribution >= 0.6 is 0 Å². The van der Waals surface area contributed by atoms with Crippen molar-refractivity contribution >= 4 is 0 Å². The van der Waals surface area contributed by atoms with E-state index in [1.807, 2.05) is 0 Å². The van der Waals surface area contributed by atoms with Gasteiger partial charge in [0.1, 0.15) is 5.82 Å². The summed E-state index contributed by atoms with van der Waals surface area (Å²) in [4.78, 5) is 7.92. The predicted molar refractivity (Wildman–Crippen MR) is 179 cm³/mol. The Kier molecular flexibility index (Phi) is 9.22. The first-order valence-electron chi connectivity index (χ1n) is 15.4. The molecule has 0 N–H and O–H groups in total. The van der Waals surface area contributed by atoms with Gasteiger partial charge in [-0.15, -0.1) is 0 Å². The first-order valence-corrected chi connectivity index (χ1v) is 15.4. The van der Waals surface area contributed by atoms with Crippen molar-refractivity contribution in [3.05, 3.63) is 162 Å². The van der Waals surface area contributed by atoms with Gasteiger partial charge in [0.2, 0.25) is 0 Å². The molecule has 0 bridgehead atoms. The van der Waals surface area contributed by atoms with Crippen molar-refractivity contribution in [2.45, 2.75) is 45.9 Å². The molecule has 1 heterocycles. The molecular weight excluding hydrogens is 522 g/mol. The molecule has 0 saturated carbocycles. The predicted octanol–water partition coefficient (Wildman–Crippen LogP) is 9.89. The zero-order valence-corrected chi connectivity index (χ0v) is 24.9. The molecule has 0 spiro atoms. The maximum absolute atomic E-state index is 5.35. The standard InChI is InChI=1S/C40H39N3/c1-2-3-28-43-38(39(36-20-12-6-13-21-36)41-40(43)37-22-14-7-15-23-37)31-42(29-32-16-8-4-9-17-32)30-33-24-26-35(27-25-33)34-18-10-5-11-19-34/h4-27H,2-3,28-31H2,1H3. The summed E-state index contributed by atoms with van der Waals surface area (Å²) in [6.07, 6.45) is 2.24. The molecular formula is C40H39N3. The van der Waals surface area contributed by atoms with Gasteiger partial charge in [-0.05, 0) is 28.7 Å². The minimum absolute atomic E-state index is 0.795. The third kappa shape index (κ3) is 7.02. The van der Waals surface area contributed by atoms with Crippen molar-refractivity contribution in [3.63, 3.8) is 0 Å². The molecule has 0 fully saturated rings. The number of aromatic nitrogens is 2. The van der Waals surface area contributed by atoms with E-state index < -0.39 is 0 Å². The first-order chi connectivity index (χ1) is 21.3. The second kappa shape index (κ2) is 14.0. The molecule has 3 nitrogen and oxygen atoms in total. The number of imidazole rings is 1. The molecule has 0 unspecified atom stereocenters. The molecule has 0 amide bonds. The van der Waals surface area contributed by atoms with E-state index in [9.17, 15) is 0 Å². The molecule has 6 rings (SSSR count). The zero-order valence-electron chi connectivity index (χ0n) is 24.9. The Morgan fingerprint density at radius 2 is 1.00 bits per heavy atom. The van der Waals surface area contributed by atoms with Crippen molar-refractivity contribution in [2.75, 3.05) is 0 Å². The quantitative estimate of drug-likeness (QED) is 0.148. The summed E-state index contributed by atoms with van der Waals surface area (Å²) in [5.74, 6) is 1.05. The Morgan fingerprint density at radius 1 is 0.512 bits per heavy atom. The summed E-state index contributed by atoms with van der Waals surface area (Å²) in [6.45, 7) is 5.70. The van der Waals surface area contributed by atoms with Crippen LogP contribution in [0.4, 0.5) is 0 Å². The fourth-order valence-corrected chi connectivity index (χ4v) is 5.75. The van der Waals surface area contributed by atoms with Gasteiger partial charge in [-0.2, -0.15) is 0 Å². The van der Waals surface area contributed by atoms with Crippen LogP contribution in [0.1, 0.15) is 36.6 Å². The maximum atomic E-state index is 5.35. The highest BCUT2D eigenvalue weighted by Crippen LogP contribution is 2.32. The molecule has 43 heavy (non-hydrogen) atoms. The highest BCUT2D eigenvalue weighted by molar-refractivity contribution is 5.68. The lowest BCUT2D eigenvalue weighted by Crippen LogP contribution is -2.24. The van der Waals surface area contributed by atoms with Crippen LogP contribution in [0.15, 0.2) is 146 Å². The van der Waals surface area contributed by atoms with Crippen molar-refractivity contribution < 1.29 is 0 Å². The average Bonchev–Trinajstić information content (AvgIpc) is 3.43. The molecule has 0 atom stereocenters. The third-order valence-electron chi connectivity index (χ3n) is 7.98. The van der Waals surface area contributed by atoms with E-state index in [2.05, 4.69) is 162 Å². The van der Waals surface area contributed by atoms with Crippen molar-refractivity contribution in [3.8, 4) is 33.8 Å². The van der Waals surface area contributed by atoms with Gasteiger partial charge >= 0.3 is 0 Å². The van der Waals surface area contributed by atoms with Crippen LogP contribution in [-0.2, 0) is 26.2 Å². The summed E-state index contributed by atoms with van der Waals surface area (Å²) >= 11 is 0. The van der Waals surface area contributed by atoms with Gasteiger partial charge in [0.05, 0.1) is 11.4 Å². The molecule has 3 heteroatoms. The summed E-state index contributed by atoms with van der Waals surface area (Å²) in [7, 11) is 0. The summed E-state index contributed by atoms with van der Waals surface area (Å²) < 4.78 is 2.48. The molecule has 1 aromatic heterocycles. The Hall–Kier alpha value is -4.73. The van der Waals surface area contributed by atoms with Crippen molar-refractivity contribution in [1.82, 2.24) is 14.5 Å². The van der Waals surface area contributed by atoms with Gasteiger partial charge in [0.15, 0.2) is 0 Å². The second-order valence-electron chi connectivity index (χ2n) is 11.2. The third-order valence-corrected chi connectivity index (χ3v) is 7.98. The smallest absolute Gasteiger partial charge is 0.140 e. The molecule has 0 aliphatic carbocycles. The molecule has 5 aromatic carbocycles. The summed E-state index contributed by atoms with van der Waals surface area (Å²) in [6, 6.07) is 51.8. The number of rotatable bonds is 12. The van der Waals surface area contributed by atoms with Crippen LogP contribution in [0.25, 0.3) is 33.8 Å². The van der Waals surface area contributed by atoms with Crippen molar-refractivity contribution in [2.24, 2.45) is 0 Å². The first kappa shape index (κ1) is 28.4. The van der Waals surface area contributed by atoms with Crippen LogP contribution in [-0.4, -0.2) is 14.5 Å². The van der Waals surface area contributed by atoms with Gasteiger partial charge < -0.3 is 4.57 Å². The van der Waals surface area contributed by atoms with Crippen LogP contribution in [0.2, 0.25) is 0 Å². The molecule has 0 aliphatic rings. The van der Waals surface area contributed by atoms with Crippen LogP contribution in [0.3, 0.4) is 0 Å². The Bertz CT molecular complexity index is 1690. The maximum Gasteiger partial charge on any atom is 0.140 e. The number of hydrogen-bond acceptors (Lipinski definition) is 2. The zero-order chi connectivity index (χ0) is 29.3. The van der Waals surface area contributed by atoms with Gasteiger partial charge in [0.25, 0.3) is 0 Å². The minimum atomic E-state index is 0.795. The van der Waals surface area contributed by atoms with E-state index in [1.165, 1.54) is 27.9 Å². The normalized spacial score (nSPS) is 11.2. The van der Waals surface area contributed by atoms with E-state index in [1.54, 1.807) is 0 Å². The number of nitrogens with zero attached hydrogens (tertiary/aromatic N) is 3. The largest absolute Gasteiger partial charge is 0.326 e. The molecule has 0 radical (unpaired) electrons. The van der Waals surface area contributed by atoms with E-state index in [0.29, 0.717) is 0 Å². The van der Waals surface area contributed by atoms with Crippen LogP contribution in [0.5, 0.6) is 0 Å². The van der Waals surface area contributed by atoms with E-state index in [4.69, 9.17) is 4.98 Å².